The monoisotopic (exact) mass is 464 g/mol. The largest absolute Gasteiger partial charge is 0.481 e. The minimum atomic E-state index is -1.09. The van der Waals surface area contributed by atoms with E-state index in [1.54, 1.807) is 13.8 Å². The van der Waals surface area contributed by atoms with Crippen LogP contribution < -0.4 is 0 Å². The van der Waals surface area contributed by atoms with E-state index in [2.05, 4.69) is 0 Å². The summed E-state index contributed by atoms with van der Waals surface area (Å²) >= 11 is 0. The van der Waals surface area contributed by atoms with E-state index in [1.165, 1.54) is 0 Å². The van der Waals surface area contributed by atoms with Gasteiger partial charge in [-0.05, 0) is 51.0 Å². The molecule has 0 amide bonds. The molecule has 1 aliphatic heterocycles. The van der Waals surface area contributed by atoms with E-state index >= 15 is 0 Å². The molecular weight excluding hydrogens is 428 g/mol. The Morgan fingerprint density at radius 3 is 2.33 bits per heavy atom. The molecule has 0 saturated carbocycles. The second kappa shape index (κ2) is 12.7. The summed E-state index contributed by atoms with van der Waals surface area (Å²) in [5, 5.41) is 18.8. The molecule has 1 aromatic rings. The van der Waals surface area contributed by atoms with Gasteiger partial charge in [-0.25, -0.2) is 0 Å². The summed E-state index contributed by atoms with van der Waals surface area (Å²) in [5.74, 6) is -3.61. The van der Waals surface area contributed by atoms with Crippen LogP contribution in [-0.2, 0) is 28.6 Å². The van der Waals surface area contributed by atoms with E-state index in [-0.39, 0.29) is 44.7 Å². The number of hydrogen-bond acceptors (Lipinski definition) is 7. The Hall–Kier alpha value is -2.45. The first-order valence-electron chi connectivity index (χ1n) is 11.5. The highest BCUT2D eigenvalue weighted by atomic mass is 16.6. The van der Waals surface area contributed by atoms with Crippen LogP contribution in [0.5, 0.6) is 0 Å². The molecule has 2 N–H and O–H groups in total. The number of rotatable bonds is 15. The van der Waals surface area contributed by atoms with Crippen LogP contribution in [0.15, 0.2) is 30.3 Å². The summed E-state index contributed by atoms with van der Waals surface area (Å²) < 4.78 is 15.6. The molecule has 0 spiro atoms. The molecule has 4 unspecified atom stereocenters. The van der Waals surface area contributed by atoms with Crippen molar-refractivity contribution >= 4 is 17.9 Å². The van der Waals surface area contributed by atoms with Gasteiger partial charge >= 0.3 is 17.9 Å². The van der Waals surface area contributed by atoms with Crippen molar-refractivity contribution in [3.05, 3.63) is 35.9 Å². The topological polar surface area (TPSA) is 123 Å². The molecule has 8 heteroatoms. The number of aliphatic hydroxyl groups excluding tert-OH is 1. The van der Waals surface area contributed by atoms with Crippen LogP contribution in [0.4, 0.5) is 0 Å². The average Bonchev–Trinajstić information content (AvgIpc) is 3.62. The number of esters is 2. The number of hydrogen-bond donors (Lipinski definition) is 2. The van der Waals surface area contributed by atoms with E-state index in [1.807, 2.05) is 37.3 Å². The molecule has 1 heterocycles. The fourth-order valence-corrected chi connectivity index (χ4v) is 4.00. The molecule has 1 aliphatic rings. The number of aliphatic carboxylic acids is 1. The fraction of sp³-hybridized carbons (Fsp3) is 0.640. The van der Waals surface area contributed by atoms with Crippen LogP contribution >= 0.6 is 0 Å². The van der Waals surface area contributed by atoms with Crippen molar-refractivity contribution in [3.8, 4) is 0 Å². The predicted octanol–water partition coefficient (Wildman–Crippen LogP) is 3.17. The Balaban J connectivity index is 2.17. The van der Waals surface area contributed by atoms with Gasteiger partial charge in [-0.2, -0.15) is 0 Å². The second-order valence-corrected chi connectivity index (χ2v) is 9.25. The first-order valence-corrected chi connectivity index (χ1v) is 11.5. The maximum Gasteiger partial charge on any atom is 0.311 e. The van der Waals surface area contributed by atoms with Crippen molar-refractivity contribution in [2.75, 3.05) is 26.4 Å². The molecule has 1 fully saturated rings. The van der Waals surface area contributed by atoms with Crippen molar-refractivity contribution in [2.45, 2.75) is 58.5 Å². The molecular formula is C25H36O8. The van der Waals surface area contributed by atoms with Gasteiger partial charge in [0.15, 0.2) is 0 Å². The molecule has 1 aromatic carbocycles. The molecule has 2 rings (SSSR count). The van der Waals surface area contributed by atoms with E-state index in [9.17, 15) is 19.5 Å². The molecule has 184 valence electrons. The summed E-state index contributed by atoms with van der Waals surface area (Å²) in [7, 11) is 0. The zero-order chi connectivity index (χ0) is 24.4. The normalized spacial score (nSPS) is 18.1. The highest BCUT2D eigenvalue weighted by Gasteiger charge is 2.38. The van der Waals surface area contributed by atoms with Crippen LogP contribution in [0.2, 0.25) is 0 Å². The van der Waals surface area contributed by atoms with Gasteiger partial charge in [0.2, 0.25) is 0 Å². The lowest BCUT2D eigenvalue weighted by Gasteiger charge is -2.29. The summed E-state index contributed by atoms with van der Waals surface area (Å²) in [6, 6.07) is 9.82. The van der Waals surface area contributed by atoms with Gasteiger partial charge in [-0.3, -0.25) is 14.4 Å². The second-order valence-electron chi connectivity index (χ2n) is 9.25. The first-order chi connectivity index (χ1) is 15.7. The van der Waals surface area contributed by atoms with Gasteiger partial charge in [-0.15, -0.1) is 0 Å². The van der Waals surface area contributed by atoms with E-state index < -0.39 is 35.2 Å². The first kappa shape index (κ1) is 26.8. The number of aliphatic hydroxyl groups is 1. The lowest BCUT2D eigenvalue weighted by molar-refractivity contribution is -0.158. The molecule has 8 nitrogen and oxygen atoms in total. The van der Waals surface area contributed by atoms with Crippen molar-refractivity contribution in [1.82, 2.24) is 0 Å². The average molecular weight is 465 g/mol. The minimum absolute atomic E-state index is 0.00421. The maximum atomic E-state index is 13.0. The number of carbonyl (C=O) groups is 3. The molecule has 4 atom stereocenters. The van der Waals surface area contributed by atoms with Crippen molar-refractivity contribution < 1.29 is 38.8 Å². The SMILES string of the molecule is CCC(CC(CC(CC(C)(C)C(=O)OCCO)C(=O)O)C(=O)OCC1CO1)c1ccccc1. The zero-order valence-electron chi connectivity index (χ0n) is 19.7. The predicted molar refractivity (Wildman–Crippen MR) is 120 cm³/mol. The molecule has 0 aromatic heterocycles. The number of carboxylic acid groups (broad SMARTS) is 1. The summed E-state index contributed by atoms with van der Waals surface area (Å²) in [6.07, 6.45) is 1.21. The Bertz CT molecular complexity index is 772. The molecule has 0 bridgehead atoms. The Morgan fingerprint density at radius 1 is 1.12 bits per heavy atom. The number of carboxylic acids is 1. The lowest BCUT2D eigenvalue weighted by Crippen LogP contribution is -2.34. The van der Waals surface area contributed by atoms with Crippen molar-refractivity contribution in [2.24, 2.45) is 17.3 Å². The van der Waals surface area contributed by atoms with Gasteiger partial charge in [-0.1, -0.05) is 37.3 Å². The van der Waals surface area contributed by atoms with Crippen molar-refractivity contribution in [1.29, 1.82) is 0 Å². The van der Waals surface area contributed by atoms with E-state index in [0.29, 0.717) is 13.0 Å². The van der Waals surface area contributed by atoms with Crippen LogP contribution in [0.25, 0.3) is 0 Å². The quantitative estimate of drug-likeness (QED) is 0.300. The van der Waals surface area contributed by atoms with E-state index in [4.69, 9.17) is 19.3 Å². The van der Waals surface area contributed by atoms with E-state index in [0.717, 1.165) is 12.0 Å². The molecule has 0 radical (unpaired) electrons. The fourth-order valence-electron chi connectivity index (χ4n) is 4.00. The van der Waals surface area contributed by atoms with Gasteiger partial charge in [0.25, 0.3) is 0 Å². The van der Waals surface area contributed by atoms with Crippen LogP contribution in [0.3, 0.4) is 0 Å². The number of epoxide rings is 1. The standard InChI is InChI=1S/C25H36O8/c1-4-17(18-8-6-5-7-9-18)12-19(23(29)33-16-21-15-32-21)13-20(22(27)28)14-25(2,3)24(30)31-11-10-26/h5-9,17,19-21,26H,4,10-16H2,1-3H3,(H,27,28). The highest BCUT2D eigenvalue weighted by molar-refractivity contribution is 5.78. The van der Waals surface area contributed by atoms with Crippen LogP contribution in [0.1, 0.15) is 57.9 Å². The summed E-state index contributed by atoms with van der Waals surface area (Å²) in [5.41, 5.74) is 0.00102. The smallest absolute Gasteiger partial charge is 0.311 e. The molecule has 0 aliphatic carbocycles. The number of benzene rings is 1. The Morgan fingerprint density at radius 2 is 1.79 bits per heavy atom. The number of carbonyl (C=O) groups excluding carboxylic acids is 2. The Labute approximate surface area is 195 Å². The highest BCUT2D eigenvalue weighted by Crippen LogP contribution is 2.35. The lowest BCUT2D eigenvalue weighted by atomic mass is 9.76. The van der Waals surface area contributed by atoms with Crippen LogP contribution in [0, 0.1) is 17.3 Å². The minimum Gasteiger partial charge on any atom is -0.481 e. The third-order valence-electron chi connectivity index (χ3n) is 6.03. The zero-order valence-corrected chi connectivity index (χ0v) is 19.7. The molecule has 33 heavy (non-hydrogen) atoms. The van der Waals surface area contributed by atoms with Crippen molar-refractivity contribution in [3.63, 3.8) is 0 Å². The summed E-state index contributed by atoms with van der Waals surface area (Å²) in [4.78, 5) is 37.4. The Kier molecular flexibility index (Phi) is 10.3. The number of ether oxygens (including phenoxy) is 3. The van der Waals surface area contributed by atoms with Gasteiger partial charge < -0.3 is 24.4 Å². The van der Waals surface area contributed by atoms with Gasteiger partial charge in [0.1, 0.15) is 19.3 Å². The van der Waals surface area contributed by atoms with Gasteiger partial charge in [0.05, 0.1) is 30.5 Å². The third-order valence-corrected chi connectivity index (χ3v) is 6.03. The third kappa shape index (κ3) is 8.78. The van der Waals surface area contributed by atoms with Crippen LogP contribution in [-0.4, -0.2) is 60.7 Å². The summed E-state index contributed by atoms with van der Waals surface area (Å²) in [6.45, 7) is 5.52. The maximum absolute atomic E-state index is 13.0. The molecule has 1 saturated heterocycles. The van der Waals surface area contributed by atoms with Gasteiger partial charge in [0, 0.05) is 0 Å².